The van der Waals surface area contributed by atoms with Crippen LogP contribution in [0.5, 0.6) is 0 Å². The predicted molar refractivity (Wildman–Crippen MR) is 284 cm³/mol. The zero-order valence-electron chi connectivity index (χ0n) is 47.4. The quantitative estimate of drug-likeness (QED) is 0.0921. The monoisotopic (exact) mass is 1070 g/mol. The van der Waals surface area contributed by atoms with E-state index >= 15 is 0 Å². The number of carboxylic acid groups (broad SMARTS) is 1. The number of pyridine rings is 1. The molecule has 0 amide bonds. The first-order chi connectivity index (χ1) is 35.6. The van der Waals surface area contributed by atoms with Crippen LogP contribution in [-0.4, -0.2) is 197 Å². The minimum atomic E-state index is -1.84. The number of likely N-dealkylation sites (N-methyl/N-ethyl adjacent to an activating group) is 2. The molecule has 4 aliphatic rings. The second kappa shape index (κ2) is 25.7. The highest BCUT2D eigenvalue weighted by molar-refractivity contribution is 5.93. The van der Waals surface area contributed by atoms with Gasteiger partial charge in [0.15, 0.2) is 12.6 Å². The Balaban J connectivity index is 1.18. The summed E-state index contributed by atoms with van der Waals surface area (Å²) in [6.07, 6.45) is -4.24. The highest BCUT2D eigenvalue weighted by atomic mass is 16.7. The van der Waals surface area contributed by atoms with Crippen LogP contribution >= 0.6 is 0 Å². The number of esters is 1. The third kappa shape index (κ3) is 14.2. The normalized spacial score (nSPS) is 38.5. The number of benzene rings is 1. The topological polar surface area (TPSA) is 238 Å². The summed E-state index contributed by atoms with van der Waals surface area (Å²) in [6, 6.07) is 4.56. The summed E-state index contributed by atoms with van der Waals surface area (Å²) >= 11 is 0. The number of hydrogen-bond donors (Lipinski definition) is 5. The highest BCUT2D eigenvalue weighted by Gasteiger charge is 2.53. The average molecular weight is 1070 g/mol. The lowest BCUT2D eigenvalue weighted by molar-refractivity contribution is -0.320. The average Bonchev–Trinajstić information content (AvgIpc) is 4.20. The van der Waals surface area contributed by atoms with Gasteiger partial charge in [-0.2, -0.15) is 0 Å². The van der Waals surface area contributed by atoms with Crippen LogP contribution < -0.4 is 5.43 Å². The van der Waals surface area contributed by atoms with E-state index in [1.54, 1.807) is 40.9 Å². The minimum Gasteiger partial charge on any atom is -0.477 e. The molecular formula is C57H89N3O16. The maximum Gasteiger partial charge on any atom is 0.341 e. The third-order valence-corrected chi connectivity index (χ3v) is 16.5. The maximum atomic E-state index is 14.6. The maximum absolute atomic E-state index is 14.6. The molecule has 0 bridgehead atoms. The van der Waals surface area contributed by atoms with Crippen LogP contribution in [0.2, 0.25) is 0 Å². The molecule has 19 heteroatoms. The van der Waals surface area contributed by atoms with E-state index in [0.717, 1.165) is 12.8 Å². The van der Waals surface area contributed by atoms with Gasteiger partial charge in [-0.05, 0) is 132 Å². The molecule has 3 aliphatic heterocycles. The molecule has 1 aliphatic carbocycles. The fraction of sp³-hybridized carbons (Fsp3) is 0.772. The van der Waals surface area contributed by atoms with E-state index < -0.39 is 107 Å². The van der Waals surface area contributed by atoms with Gasteiger partial charge in [0.2, 0.25) is 5.43 Å². The molecule has 6 rings (SSSR count). The van der Waals surface area contributed by atoms with Crippen molar-refractivity contribution in [2.24, 2.45) is 17.8 Å². The molecule has 4 heterocycles. The zero-order chi connectivity index (χ0) is 56.2. The van der Waals surface area contributed by atoms with Crippen LogP contribution in [0, 0.1) is 29.6 Å². The van der Waals surface area contributed by atoms with Crippen molar-refractivity contribution >= 4 is 22.8 Å². The molecule has 19 nitrogen and oxygen atoms in total. The second-order valence-electron chi connectivity index (χ2n) is 23.3. The lowest BCUT2D eigenvalue weighted by atomic mass is 9.77. The van der Waals surface area contributed by atoms with Crippen molar-refractivity contribution in [3.63, 3.8) is 0 Å². The van der Waals surface area contributed by atoms with E-state index in [1.807, 2.05) is 82.3 Å². The van der Waals surface area contributed by atoms with Gasteiger partial charge in [0.1, 0.15) is 42.2 Å². The summed E-state index contributed by atoms with van der Waals surface area (Å²) < 4.78 is 53.2. The smallest absolute Gasteiger partial charge is 0.341 e. The van der Waals surface area contributed by atoms with Gasteiger partial charge in [-0.15, -0.1) is 0 Å². The number of fused-ring (bicyclic) bond motifs is 1. The van der Waals surface area contributed by atoms with Gasteiger partial charge in [-0.25, -0.2) is 4.79 Å². The van der Waals surface area contributed by atoms with Gasteiger partial charge >= 0.3 is 11.9 Å². The number of carbonyl (C=O) groups is 2. The van der Waals surface area contributed by atoms with Gasteiger partial charge in [0.25, 0.3) is 0 Å². The molecule has 3 saturated heterocycles. The van der Waals surface area contributed by atoms with Crippen LogP contribution in [0.3, 0.4) is 0 Å². The zero-order valence-corrected chi connectivity index (χ0v) is 47.4. The number of methoxy groups -OCH3 is 1. The first-order valence-electron chi connectivity index (χ1n) is 27.3. The van der Waals surface area contributed by atoms with E-state index in [0.29, 0.717) is 49.1 Å². The molecule has 18 atom stereocenters. The Hall–Kier alpha value is -3.59. The summed E-state index contributed by atoms with van der Waals surface area (Å²) in [5.74, 6) is 2.03. The minimum absolute atomic E-state index is 0.115. The molecular weight excluding hydrogens is 983 g/mol. The van der Waals surface area contributed by atoms with Gasteiger partial charge in [0, 0.05) is 67.9 Å². The fourth-order valence-electron chi connectivity index (χ4n) is 11.9. The number of nitrogens with zero attached hydrogens (tertiary/aromatic N) is 3. The second-order valence-corrected chi connectivity index (χ2v) is 23.3. The Morgan fingerprint density at radius 1 is 0.961 bits per heavy atom. The third-order valence-electron chi connectivity index (χ3n) is 16.5. The molecule has 1 saturated carbocycles. The fourth-order valence-corrected chi connectivity index (χ4v) is 11.9. The first kappa shape index (κ1) is 61.6. The number of rotatable bonds is 15. The molecule has 0 radical (unpaired) electrons. The summed E-state index contributed by atoms with van der Waals surface area (Å²) in [7, 11) is 7.20. The number of hydrogen-bond acceptors (Lipinski definition) is 17. The van der Waals surface area contributed by atoms with E-state index in [2.05, 4.69) is 11.8 Å². The van der Waals surface area contributed by atoms with Crippen LogP contribution in [0.15, 0.2) is 29.2 Å². The SMILES string of the molecule is CC[C@H]1OC(=O)[C@H](C)[C@@H](O[C@H]2C[C@@](C)(OC)[C@@H](OCCCOCC#Cc3ccc4c(c3)c(=O)c(C(=O)O)cn4C3CC3)[C@H](C)O2)[C@H](C)[C@@H](O[C@@H]2O[C@H](C)C[C@H](N(C)C)[C@H]2O)[C@](C)(O)C[C@@H](C)CN(C)[C@H](C)[C@@H](O)[C@]1(C)O. The van der Waals surface area contributed by atoms with Crippen LogP contribution in [0.25, 0.3) is 10.9 Å². The van der Waals surface area contributed by atoms with Crippen molar-refractivity contribution in [2.45, 2.75) is 211 Å². The van der Waals surface area contributed by atoms with E-state index in [-0.39, 0.29) is 55.5 Å². The lowest BCUT2D eigenvalue weighted by Crippen LogP contribution is -2.61. The molecule has 2 aromatic rings. The van der Waals surface area contributed by atoms with Crippen molar-refractivity contribution in [1.82, 2.24) is 14.4 Å². The molecule has 1 aromatic carbocycles. The lowest BCUT2D eigenvalue weighted by Gasteiger charge is -2.49. The predicted octanol–water partition coefficient (Wildman–Crippen LogP) is 4.73. The van der Waals surface area contributed by atoms with Crippen molar-refractivity contribution in [3.8, 4) is 11.8 Å². The summed E-state index contributed by atoms with van der Waals surface area (Å²) in [6.45, 7) is 19.1. The molecule has 1 aromatic heterocycles. The van der Waals surface area contributed by atoms with Crippen LogP contribution in [-0.2, 0) is 42.7 Å². The number of cyclic esters (lactones) is 1. The van der Waals surface area contributed by atoms with Gasteiger partial charge in [-0.1, -0.05) is 32.6 Å². The Labute approximate surface area is 449 Å². The number of carboxylic acids is 1. The first-order valence-corrected chi connectivity index (χ1v) is 27.3. The standard InChI is InChI=1S/C57H89N3O16/c1-15-44-57(10,68)49(63)36(6)59(13)30-32(2)28-55(8,67)50(76-54-47(62)43(58(11)12)26-33(3)72-54)34(4)48(35(5)53(66)74-44)75-45-29-56(9,69-14)51(37(7)73-45)71-25-17-24-70-23-16-18-38-19-22-42-40(27-38)46(61)41(52(64)65)31-60(42)39-20-21-39/h19,22,27,31-37,39,43-45,47-51,54,62-63,67-68H,15,17,20-21,23-26,28-30H2,1-14H3,(H,64,65)/t32-,33-,34+,35-,36-,37+,43+,44-,45+,47-,48+,49-,50-,51+,54+,55-,56-,57-/m1/s1. The number of aliphatic hydroxyl groups excluding tert-OH is 2. The highest BCUT2D eigenvalue weighted by Crippen LogP contribution is 2.41. The molecule has 76 heavy (non-hydrogen) atoms. The number of ether oxygens (including phenoxy) is 8. The van der Waals surface area contributed by atoms with E-state index in [9.17, 15) is 39.9 Å². The van der Waals surface area contributed by atoms with Gasteiger partial charge in [-0.3, -0.25) is 9.59 Å². The Bertz CT molecular complexity index is 2400. The number of aliphatic hydroxyl groups is 4. The van der Waals surface area contributed by atoms with Crippen molar-refractivity contribution < 1.29 is 73.0 Å². The van der Waals surface area contributed by atoms with Crippen molar-refractivity contribution in [1.29, 1.82) is 0 Å². The van der Waals surface area contributed by atoms with E-state index in [1.165, 1.54) is 13.1 Å². The van der Waals surface area contributed by atoms with Gasteiger partial charge in [0.05, 0.1) is 53.7 Å². The molecule has 0 unspecified atom stereocenters. The Morgan fingerprint density at radius 3 is 2.29 bits per heavy atom. The summed E-state index contributed by atoms with van der Waals surface area (Å²) in [5.41, 5.74) is -3.93. The number of aromatic carboxylic acids is 1. The van der Waals surface area contributed by atoms with Crippen LogP contribution in [0.1, 0.15) is 136 Å². The molecule has 5 N–H and O–H groups in total. The number of aromatic nitrogens is 1. The Kier molecular flexibility index (Phi) is 20.8. The number of carbonyl (C=O) groups excluding carboxylic acids is 1. The molecule has 428 valence electrons. The van der Waals surface area contributed by atoms with Crippen LogP contribution in [0.4, 0.5) is 0 Å². The van der Waals surface area contributed by atoms with Crippen molar-refractivity contribution in [2.75, 3.05) is 54.6 Å². The largest absolute Gasteiger partial charge is 0.477 e. The Morgan fingerprint density at radius 2 is 1.66 bits per heavy atom. The van der Waals surface area contributed by atoms with Crippen molar-refractivity contribution in [3.05, 3.63) is 45.7 Å². The van der Waals surface area contributed by atoms with E-state index in [4.69, 9.17) is 37.9 Å². The molecule has 4 fully saturated rings. The summed E-state index contributed by atoms with van der Waals surface area (Å²) in [4.78, 5) is 43.3. The molecule has 0 spiro atoms. The van der Waals surface area contributed by atoms with Gasteiger partial charge < -0.3 is 77.8 Å². The summed E-state index contributed by atoms with van der Waals surface area (Å²) in [5, 5.41) is 58.1.